The van der Waals surface area contributed by atoms with Gasteiger partial charge in [-0.15, -0.1) is 0 Å². The molecule has 5 heteroatoms. The van der Waals surface area contributed by atoms with Crippen molar-refractivity contribution in [1.29, 1.82) is 0 Å². The predicted octanol–water partition coefficient (Wildman–Crippen LogP) is 1.65. The van der Waals surface area contributed by atoms with Crippen LogP contribution in [0.4, 0.5) is 11.4 Å². The van der Waals surface area contributed by atoms with Crippen molar-refractivity contribution in [2.75, 3.05) is 31.4 Å². The van der Waals surface area contributed by atoms with E-state index in [4.69, 9.17) is 15.2 Å². The molecule has 5 nitrogen and oxygen atoms in total. The molecule has 0 aliphatic carbocycles. The van der Waals surface area contributed by atoms with E-state index in [-0.39, 0.29) is 5.97 Å². The average molecular weight is 250 g/mol. The number of nitrogens with one attached hydrogen (secondary N) is 1. The van der Waals surface area contributed by atoms with Gasteiger partial charge >= 0.3 is 5.97 Å². The molecule has 1 saturated heterocycles. The van der Waals surface area contributed by atoms with Crippen LogP contribution in [0.25, 0.3) is 0 Å². The Bertz CT molecular complexity index is 428. The molecule has 3 N–H and O–H groups in total. The number of esters is 1. The molecule has 0 aromatic heterocycles. The van der Waals surface area contributed by atoms with Crippen molar-refractivity contribution in [2.45, 2.75) is 18.9 Å². The van der Waals surface area contributed by atoms with E-state index in [0.29, 0.717) is 17.3 Å². The number of benzene rings is 1. The van der Waals surface area contributed by atoms with Crippen molar-refractivity contribution in [3.05, 3.63) is 23.8 Å². The largest absolute Gasteiger partial charge is 0.465 e. The quantitative estimate of drug-likeness (QED) is 0.630. The van der Waals surface area contributed by atoms with Gasteiger partial charge in [0.1, 0.15) is 0 Å². The zero-order valence-electron chi connectivity index (χ0n) is 10.4. The minimum absolute atomic E-state index is 0.325. The number of anilines is 2. The van der Waals surface area contributed by atoms with Crippen molar-refractivity contribution in [2.24, 2.45) is 0 Å². The Balaban J connectivity index is 2.17. The summed E-state index contributed by atoms with van der Waals surface area (Å²) in [6.07, 6.45) is 1.87. The van der Waals surface area contributed by atoms with Gasteiger partial charge in [-0.3, -0.25) is 0 Å². The molecule has 1 aromatic carbocycles. The van der Waals surface area contributed by atoms with Gasteiger partial charge in [-0.1, -0.05) is 0 Å². The smallest absolute Gasteiger partial charge is 0.340 e. The molecule has 18 heavy (non-hydrogen) atoms. The second-order valence-corrected chi connectivity index (χ2v) is 4.33. The van der Waals surface area contributed by atoms with E-state index >= 15 is 0 Å². The fourth-order valence-corrected chi connectivity index (χ4v) is 2.03. The maximum absolute atomic E-state index is 11.7. The molecule has 1 aliphatic heterocycles. The molecule has 0 bridgehead atoms. The molecule has 1 aromatic rings. The van der Waals surface area contributed by atoms with Crippen LogP contribution in [0.15, 0.2) is 18.2 Å². The summed E-state index contributed by atoms with van der Waals surface area (Å²) >= 11 is 0. The zero-order valence-corrected chi connectivity index (χ0v) is 10.4. The highest BCUT2D eigenvalue weighted by atomic mass is 16.5. The van der Waals surface area contributed by atoms with Crippen molar-refractivity contribution >= 4 is 17.3 Å². The number of ether oxygens (including phenoxy) is 2. The molecule has 98 valence electrons. The van der Waals surface area contributed by atoms with E-state index in [1.807, 2.05) is 6.07 Å². The number of hydrogen-bond acceptors (Lipinski definition) is 5. The highest BCUT2D eigenvalue weighted by Gasteiger charge is 2.17. The highest BCUT2D eigenvalue weighted by Crippen LogP contribution is 2.22. The number of carbonyl (C=O) groups is 1. The first-order chi connectivity index (χ1) is 8.70. The number of hydrogen-bond donors (Lipinski definition) is 2. The molecule has 0 spiro atoms. The Morgan fingerprint density at radius 2 is 2.17 bits per heavy atom. The Labute approximate surface area is 106 Å². The second-order valence-electron chi connectivity index (χ2n) is 4.33. The lowest BCUT2D eigenvalue weighted by Gasteiger charge is -2.25. The van der Waals surface area contributed by atoms with E-state index < -0.39 is 0 Å². The number of nitrogen functional groups attached to an aromatic ring is 1. The first-order valence-electron chi connectivity index (χ1n) is 6.03. The molecule has 0 unspecified atom stereocenters. The predicted molar refractivity (Wildman–Crippen MR) is 69.7 cm³/mol. The second kappa shape index (κ2) is 5.73. The van der Waals surface area contributed by atoms with E-state index in [2.05, 4.69) is 5.32 Å². The number of rotatable bonds is 3. The Morgan fingerprint density at radius 3 is 2.83 bits per heavy atom. The zero-order chi connectivity index (χ0) is 13.0. The van der Waals surface area contributed by atoms with Gasteiger partial charge in [0, 0.05) is 30.6 Å². The van der Waals surface area contributed by atoms with Crippen LogP contribution in [0.2, 0.25) is 0 Å². The SMILES string of the molecule is COC(=O)c1cc(N)ccc1NC1CCOCC1. The minimum atomic E-state index is -0.378. The van der Waals surface area contributed by atoms with Crippen LogP contribution in [0.5, 0.6) is 0 Å². The lowest BCUT2D eigenvalue weighted by Crippen LogP contribution is -2.28. The standard InChI is InChI=1S/C13H18N2O3/c1-17-13(16)11-8-9(14)2-3-12(11)15-10-4-6-18-7-5-10/h2-3,8,10,15H,4-7,14H2,1H3. The van der Waals surface area contributed by atoms with Crippen molar-refractivity contribution in [1.82, 2.24) is 0 Å². The summed E-state index contributed by atoms with van der Waals surface area (Å²) in [4.78, 5) is 11.7. The summed E-state index contributed by atoms with van der Waals surface area (Å²) in [6, 6.07) is 5.55. The third kappa shape index (κ3) is 2.92. The molecular formula is C13H18N2O3. The molecule has 0 saturated carbocycles. The fourth-order valence-electron chi connectivity index (χ4n) is 2.03. The molecule has 0 amide bonds. The van der Waals surface area contributed by atoms with Gasteiger partial charge in [-0.2, -0.15) is 0 Å². The van der Waals surface area contributed by atoms with Gasteiger partial charge in [0.2, 0.25) is 0 Å². The summed E-state index contributed by atoms with van der Waals surface area (Å²) < 4.78 is 10.1. The fraction of sp³-hybridized carbons (Fsp3) is 0.462. The minimum Gasteiger partial charge on any atom is -0.465 e. The van der Waals surface area contributed by atoms with Gasteiger partial charge < -0.3 is 20.5 Å². The van der Waals surface area contributed by atoms with Crippen LogP contribution in [-0.4, -0.2) is 32.3 Å². The van der Waals surface area contributed by atoms with E-state index in [9.17, 15) is 4.79 Å². The number of carbonyl (C=O) groups excluding carboxylic acids is 1. The van der Waals surface area contributed by atoms with Crippen LogP contribution in [0.1, 0.15) is 23.2 Å². The van der Waals surface area contributed by atoms with E-state index in [1.54, 1.807) is 12.1 Å². The number of methoxy groups -OCH3 is 1. The molecule has 0 radical (unpaired) electrons. The Morgan fingerprint density at radius 1 is 1.44 bits per heavy atom. The van der Waals surface area contributed by atoms with Gasteiger partial charge in [-0.05, 0) is 31.0 Å². The van der Waals surface area contributed by atoms with Crippen molar-refractivity contribution in [3.8, 4) is 0 Å². The van der Waals surface area contributed by atoms with Crippen LogP contribution in [0.3, 0.4) is 0 Å². The number of nitrogens with two attached hydrogens (primary N) is 1. The highest BCUT2D eigenvalue weighted by molar-refractivity contribution is 5.96. The third-order valence-corrected chi connectivity index (χ3v) is 3.03. The van der Waals surface area contributed by atoms with Gasteiger partial charge in [-0.25, -0.2) is 4.79 Å². The van der Waals surface area contributed by atoms with Crippen LogP contribution in [-0.2, 0) is 9.47 Å². The van der Waals surface area contributed by atoms with Gasteiger partial charge in [0.25, 0.3) is 0 Å². The summed E-state index contributed by atoms with van der Waals surface area (Å²) in [5, 5.41) is 3.36. The van der Waals surface area contributed by atoms with E-state index in [0.717, 1.165) is 31.7 Å². The lowest BCUT2D eigenvalue weighted by atomic mass is 10.1. The lowest BCUT2D eigenvalue weighted by molar-refractivity contribution is 0.0601. The van der Waals surface area contributed by atoms with E-state index in [1.165, 1.54) is 7.11 Å². The normalized spacial score (nSPS) is 16.3. The first kappa shape index (κ1) is 12.7. The third-order valence-electron chi connectivity index (χ3n) is 3.03. The van der Waals surface area contributed by atoms with Crippen LogP contribution < -0.4 is 11.1 Å². The van der Waals surface area contributed by atoms with Gasteiger partial charge in [0.15, 0.2) is 0 Å². The molecule has 1 aliphatic rings. The van der Waals surface area contributed by atoms with Crippen molar-refractivity contribution in [3.63, 3.8) is 0 Å². The average Bonchev–Trinajstić information content (AvgIpc) is 2.41. The molecular weight excluding hydrogens is 232 g/mol. The molecule has 1 heterocycles. The first-order valence-corrected chi connectivity index (χ1v) is 6.03. The molecule has 0 atom stereocenters. The monoisotopic (exact) mass is 250 g/mol. The van der Waals surface area contributed by atoms with Gasteiger partial charge in [0.05, 0.1) is 12.7 Å². The maximum Gasteiger partial charge on any atom is 0.340 e. The summed E-state index contributed by atoms with van der Waals surface area (Å²) in [6.45, 7) is 1.50. The summed E-state index contributed by atoms with van der Waals surface area (Å²) in [5.74, 6) is -0.378. The molecule has 1 fully saturated rings. The van der Waals surface area contributed by atoms with Crippen molar-refractivity contribution < 1.29 is 14.3 Å². The van der Waals surface area contributed by atoms with Crippen LogP contribution in [0, 0.1) is 0 Å². The maximum atomic E-state index is 11.7. The summed E-state index contributed by atoms with van der Waals surface area (Å²) in [5.41, 5.74) is 7.49. The topological polar surface area (TPSA) is 73.6 Å². The Kier molecular flexibility index (Phi) is 4.04. The van der Waals surface area contributed by atoms with Crippen LogP contribution >= 0.6 is 0 Å². The Hall–Kier alpha value is -1.75. The molecule has 2 rings (SSSR count). The summed E-state index contributed by atoms with van der Waals surface area (Å²) in [7, 11) is 1.36.